The van der Waals surface area contributed by atoms with E-state index in [4.69, 9.17) is 10.8 Å². The highest BCUT2D eigenvalue weighted by atomic mass is 16.3. The number of nitrogens with zero attached hydrogens (tertiary/aromatic N) is 1. The van der Waals surface area contributed by atoms with Crippen molar-refractivity contribution in [2.75, 3.05) is 31.4 Å². The van der Waals surface area contributed by atoms with E-state index < -0.39 is 0 Å². The van der Waals surface area contributed by atoms with Gasteiger partial charge in [0.25, 0.3) is 0 Å². The molecule has 4 nitrogen and oxygen atoms in total. The molecule has 0 aliphatic heterocycles. The van der Waals surface area contributed by atoms with Crippen molar-refractivity contribution in [1.29, 1.82) is 0 Å². The van der Waals surface area contributed by atoms with Crippen LogP contribution < -0.4 is 11.2 Å². The quantitative estimate of drug-likeness (QED) is 0.468. The van der Waals surface area contributed by atoms with Gasteiger partial charge >= 0.3 is 0 Å². The fraction of sp³-hybridized carbons (Fsp3) is 0.333. The maximum absolute atomic E-state index is 8.66. The Morgan fingerprint density at radius 2 is 2.31 bits per heavy atom. The first-order chi connectivity index (χ1) is 6.22. The summed E-state index contributed by atoms with van der Waals surface area (Å²) in [6.45, 7) is 0.709. The Bertz CT molecular complexity index is 265. The van der Waals surface area contributed by atoms with E-state index >= 15 is 0 Å². The highest BCUT2D eigenvalue weighted by Gasteiger charge is 1.96. The van der Waals surface area contributed by atoms with Crippen LogP contribution in [0.25, 0.3) is 0 Å². The van der Waals surface area contributed by atoms with Crippen molar-refractivity contribution in [1.82, 2.24) is 5.01 Å². The van der Waals surface area contributed by atoms with Crippen LogP contribution in [0.1, 0.15) is 0 Å². The zero-order valence-corrected chi connectivity index (χ0v) is 7.70. The number of benzene rings is 1. The van der Waals surface area contributed by atoms with Crippen LogP contribution in [0.3, 0.4) is 0 Å². The van der Waals surface area contributed by atoms with E-state index in [9.17, 15) is 0 Å². The SMILES string of the molecule is CN(CCO)Nc1cccc(N)c1. The van der Waals surface area contributed by atoms with Gasteiger partial charge in [-0.25, -0.2) is 5.01 Å². The van der Waals surface area contributed by atoms with Crippen LogP contribution in [0, 0.1) is 0 Å². The van der Waals surface area contributed by atoms with Gasteiger partial charge in [-0.15, -0.1) is 0 Å². The van der Waals surface area contributed by atoms with Crippen LogP contribution in [0.2, 0.25) is 0 Å². The Balaban J connectivity index is 2.53. The van der Waals surface area contributed by atoms with Crippen LogP contribution in [0.15, 0.2) is 24.3 Å². The van der Waals surface area contributed by atoms with Gasteiger partial charge in [-0.05, 0) is 18.2 Å². The van der Waals surface area contributed by atoms with Gasteiger partial charge in [0, 0.05) is 19.3 Å². The summed E-state index contributed by atoms with van der Waals surface area (Å²) in [5, 5.41) is 10.5. The lowest BCUT2D eigenvalue weighted by molar-refractivity contribution is 0.241. The molecule has 0 unspecified atom stereocenters. The third kappa shape index (κ3) is 3.31. The number of rotatable bonds is 4. The van der Waals surface area contributed by atoms with Crippen LogP contribution in [0.4, 0.5) is 11.4 Å². The lowest BCUT2D eigenvalue weighted by atomic mass is 10.3. The van der Waals surface area contributed by atoms with E-state index in [1.807, 2.05) is 31.3 Å². The first-order valence-electron chi connectivity index (χ1n) is 4.16. The minimum Gasteiger partial charge on any atom is -0.399 e. The molecule has 0 atom stereocenters. The summed E-state index contributed by atoms with van der Waals surface area (Å²) in [6.07, 6.45) is 0. The number of nitrogen functional groups attached to an aromatic ring is 1. The van der Waals surface area contributed by atoms with Crippen LogP contribution in [0.5, 0.6) is 0 Å². The molecule has 1 rings (SSSR count). The molecule has 1 aromatic rings. The van der Waals surface area contributed by atoms with Crippen molar-refractivity contribution in [3.8, 4) is 0 Å². The van der Waals surface area contributed by atoms with Gasteiger partial charge in [0.15, 0.2) is 0 Å². The van der Waals surface area contributed by atoms with Crippen LogP contribution in [-0.4, -0.2) is 30.3 Å². The van der Waals surface area contributed by atoms with Gasteiger partial charge in [0.2, 0.25) is 0 Å². The van der Waals surface area contributed by atoms with Crippen LogP contribution >= 0.6 is 0 Å². The number of aliphatic hydroxyl groups is 1. The fourth-order valence-corrected chi connectivity index (χ4v) is 1.03. The van der Waals surface area contributed by atoms with Crippen molar-refractivity contribution < 1.29 is 5.11 Å². The predicted octanol–water partition coefficient (Wildman–Crippen LogP) is 0.520. The molecule has 0 spiro atoms. The summed E-state index contributed by atoms with van der Waals surface area (Å²) in [7, 11) is 1.86. The van der Waals surface area contributed by atoms with Crippen molar-refractivity contribution in [3.63, 3.8) is 0 Å². The molecule has 0 aliphatic carbocycles. The van der Waals surface area contributed by atoms with Gasteiger partial charge < -0.3 is 16.3 Å². The molecule has 13 heavy (non-hydrogen) atoms. The number of likely N-dealkylation sites (N-methyl/N-ethyl adjacent to an activating group) is 1. The molecular formula is C9H15N3O. The molecule has 0 saturated carbocycles. The molecule has 4 heteroatoms. The number of aliphatic hydroxyl groups excluding tert-OH is 1. The van der Waals surface area contributed by atoms with E-state index in [0.29, 0.717) is 6.54 Å². The molecule has 72 valence electrons. The van der Waals surface area contributed by atoms with Gasteiger partial charge in [-0.3, -0.25) is 0 Å². The maximum atomic E-state index is 8.66. The number of nitrogens with one attached hydrogen (secondary N) is 1. The Kier molecular flexibility index (Phi) is 3.54. The summed E-state index contributed by atoms with van der Waals surface area (Å²) in [6, 6.07) is 7.47. The van der Waals surface area contributed by atoms with E-state index in [2.05, 4.69) is 5.43 Å². The molecule has 0 fully saturated rings. The van der Waals surface area contributed by atoms with E-state index in [-0.39, 0.29) is 6.61 Å². The van der Waals surface area contributed by atoms with E-state index in [0.717, 1.165) is 11.4 Å². The molecule has 0 bridgehead atoms. The van der Waals surface area contributed by atoms with Gasteiger partial charge in [0.1, 0.15) is 0 Å². The summed E-state index contributed by atoms with van der Waals surface area (Å²) < 4.78 is 0. The number of anilines is 2. The zero-order chi connectivity index (χ0) is 9.68. The molecule has 0 aliphatic rings. The number of nitrogens with two attached hydrogens (primary N) is 1. The highest BCUT2D eigenvalue weighted by molar-refractivity contribution is 5.53. The minimum absolute atomic E-state index is 0.131. The number of hydrogen-bond acceptors (Lipinski definition) is 4. The third-order valence-electron chi connectivity index (χ3n) is 1.64. The fourth-order valence-electron chi connectivity index (χ4n) is 1.03. The molecule has 0 aromatic heterocycles. The normalized spacial score (nSPS) is 10.4. The lowest BCUT2D eigenvalue weighted by Gasteiger charge is -2.18. The Hall–Kier alpha value is -1.26. The second kappa shape index (κ2) is 4.69. The number of hydrazine groups is 1. The largest absolute Gasteiger partial charge is 0.399 e. The van der Waals surface area contributed by atoms with Crippen molar-refractivity contribution in [3.05, 3.63) is 24.3 Å². The number of hydrogen-bond donors (Lipinski definition) is 3. The lowest BCUT2D eigenvalue weighted by Crippen LogP contribution is -2.28. The summed E-state index contributed by atoms with van der Waals surface area (Å²) in [4.78, 5) is 0. The predicted molar refractivity (Wildman–Crippen MR) is 54.2 cm³/mol. The van der Waals surface area contributed by atoms with Gasteiger partial charge in [0.05, 0.1) is 12.3 Å². The molecule has 0 saturated heterocycles. The van der Waals surface area contributed by atoms with Gasteiger partial charge in [-0.1, -0.05) is 6.07 Å². The first kappa shape index (κ1) is 9.83. The second-order valence-electron chi connectivity index (χ2n) is 2.88. The maximum Gasteiger partial charge on any atom is 0.0576 e. The average Bonchev–Trinajstić information content (AvgIpc) is 2.04. The van der Waals surface area contributed by atoms with E-state index in [1.165, 1.54) is 0 Å². The smallest absolute Gasteiger partial charge is 0.0576 e. The molecule has 4 N–H and O–H groups in total. The summed E-state index contributed by atoms with van der Waals surface area (Å²) in [5.74, 6) is 0. The summed E-state index contributed by atoms with van der Waals surface area (Å²) in [5.41, 5.74) is 10.3. The van der Waals surface area contributed by atoms with Crippen molar-refractivity contribution in [2.45, 2.75) is 0 Å². The molecule has 0 radical (unpaired) electrons. The zero-order valence-electron chi connectivity index (χ0n) is 7.70. The van der Waals surface area contributed by atoms with Crippen LogP contribution in [-0.2, 0) is 0 Å². The second-order valence-corrected chi connectivity index (χ2v) is 2.88. The average molecular weight is 181 g/mol. The van der Waals surface area contributed by atoms with Crippen molar-refractivity contribution >= 4 is 11.4 Å². The minimum atomic E-state index is 0.131. The molecule has 0 heterocycles. The van der Waals surface area contributed by atoms with Crippen molar-refractivity contribution in [2.24, 2.45) is 0 Å². The summed E-state index contributed by atoms with van der Waals surface area (Å²) >= 11 is 0. The first-order valence-corrected chi connectivity index (χ1v) is 4.16. The Morgan fingerprint density at radius 3 is 2.92 bits per heavy atom. The standard InChI is InChI=1S/C9H15N3O/c1-12(5-6-13)11-9-4-2-3-8(10)7-9/h2-4,7,11,13H,5-6,10H2,1H3. The molecular weight excluding hydrogens is 166 g/mol. The third-order valence-corrected chi connectivity index (χ3v) is 1.64. The highest BCUT2D eigenvalue weighted by Crippen LogP contribution is 2.11. The molecule has 0 amide bonds. The Morgan fingerprint density at radius 1 is 1.54 bits per heavy atom. The topological polar surface area (TPSA) is 61.5 Å². The monoisotopic (exact) mass is 181 g/mol. The van der Waals surface area contributed by atoms with Gasteiger partial charge in [-0.2, -0.15) is 0 Å². The Labute approximate surface area is 77.9 Å². The van der Waals surface area contributed by atoms with E-state index in [1.54, 1.807) is 5.01 Å². The molecule has 1 aromatic carbocycles.